The fourth-order valence-electron chi connectivity index (χ4n) is 15.2. The number of allylic oxidation sites excluding steroid dienone is 13. The Hall–Kier alpha value is -9.24. The number of anilines is 1. The number of aromatic nitrogens is 1. The predicted molar refractivity (Wildman–Crippen MR) is 340 cm³/mol. The Morgan fingerprint density at radius 3 is 1.80 bits per heavy atom. The van der Waals surface area contributed by atoms with Crippen molar-refractivity contribution >= 4 is 77.8 Å². The molecule has 3 atom stereocenters. The second-order valence-corrected chi connectivity index (χ2v) is 23.1. The molecule has 0 N–H and O–H groups in total. The van der Waals surface area contributed by atoms with Crippen LogP contribution in [0, 0.1) is 5.92 Å². The standard InChI is InChI=1S/C78H58N2/c1-5-15-49(16-6-1)69-41-42-70(50-17-7-2-8-18-50)79(69)61-36-31-59-46-68-66(47-60(59)45-61)67(62-37-32-57-29-27-53-23-13-25-55-33-38-63(62)76(57)74(53)55)48-73(80-71(51-19-9-3-10-20-51)43-44-72(80)52-21-11-4-12-22-52)78(68)65-40-35-58-30-28-54-24-14-26-56-34-39-64(65)77(58)75(54)56/h1-17,19-21,25-28,31-41,43-48,50,52,70H,18,22-24,29-30,42H2. The van der Waals surface area contributed by atoms with Gasteiger partial charge in [-0.2, -0.15) is 0 Å². The highest BCUT2D eigenvalue weighted by molar-refractivity contribution is 6.20. The van der Waals surface area contributed by atoms with Crippen LogP contribution in [0.4, 0.5) is 5.69 Å². The van der Waals surface area contributed by atoms with E-state index in [1.165, 1.54) is 149 Å². The van der Waals surface area contributed by atoms with Gasteiger partial charge in [-0.15, -0.1) is 0 Å². The van der Waals surface area contributed by atoms with Gasteiger partial charge in [-0.1, -0.05) is 206 Å². The van der Waals surface area contributed by atoms with Crippen molar-refractivity contribution in [1.82, 2.24) is 4.57 Å². The normalized spacial score (nSPS) is 19.2. The monoisotopic (exact) mass is 1020 g/mol. The number of hydrogen-bond acceptors (Lipinski definition) is 1. The predicted octanol–water partition coefficient (Wildman–Crippen LogP) is 20.2. The van der Waals surface area contributed by atoms with Crippen LogP contribution in [0.5, 0.6) is 0 Å². The van der Waals surface area contributed by atoms with Crippen LogP contribution in [-0.2, 0) is 12.8 Å². The Morgan fingerprint density at radius 1 is 0.425 bits per heavy atom. The van der Waals surface area contributed by atoms with Gasteiger partial charge in [-0.05, 0) is 203 Å². The summed E-state index contributed by atoms with van der Waals surface area (Å²) in [5.74, 6) is 0.606. The van der Waals surface area contributed by atoms with Crippen molar-refractivity contribution in [2.45, 2.75) is 56.9 Å². The molecule has 0 fully saturated rings. The molecular weight excluding hydrogens is 965 g/mol. The van der Waals surface area contributed by atoms with Crippen LogP contribution in [0.25, 0.3) is 111 Å². The summed E-state index contributed by atoms with van der Waals surface area (Å²) in [6.45, 7) is 0. The molecule has 3 unspecified atom stereocenters. The molecule has 380 valence electrons. The molecule has 0 radical (unpaired) electrons. The summed E-state index contributed by atoms with van der Waals surface area (Å²) in [7, 11) is 0. The lowest BCUT2D eigenvalue weighted by Crippen LogP contribution is -2.35. The number of hydrogen-bond donors (Lipinski definition) is 0. The van der Waals surface area contributed by atoms with E-state index in [9.17, 15) is 0 Å². The number of rotatable bonds is 8. The average Bonchev–Trinajstić information content (AvgIpc) is 4.32. The number of benzene rings is 9. The summed E-state index contributed by atoms with van der Waals surface area (Å²) in [6.07, 6.45) is 42.1. The number of fused-ring (bicyclic) bond motifs is 2. The van der Waals surface area contributed by atoms with Gasteiger partial charge in [0.15, 0.2) is 0 Å². The van der Waals surface area contributed by atoms with Crippen LogP contribution in [0.3, 0.4) is 0 Å². The van der Waals surface area contributed by atoms with E-state index in [0.717, 1.165) is 44.9 Å². The smallest absolute Gasteiger partial charge is 0.0550 e. The van der Waals surface area contributed by atoms with Crippen LogP contribution in [0.1, 0.15) is 82.7 Å². The Balaban J connectivity index is 1.00. The van der Waals surface area contributed by atoms with Crippen molar-refractivity contribution in [3.05, 3.63) is 281 Å². The summed E-state index contributed by atoms with van der Waals surface area (Å²) in [6, 6.07) is 61.9. The Bertz CT molecular complexity index is 4610. The van der Waals surface area contributed by atoms with Crippen molar-refractivity contribution in [2.24, 2.45) is 5.92 Å². The van der Waals surface area contributed by atoms with Gasteiger partial charge in [0.1, 0.15) is 0 Å². The first-order valence-corrected chi connectivity index (χ1v) is 29.1. The van der Waals surface area contributed by atoms with E-state index < -0.39 is 0 Å². The van der Waals surface area contributed by atoms with Gasteiger partial charge in [0.25, 0.3) is 0 Å². The SMILES string of the molecule is C1=CCC(c2ccc(-c3ccccc3)n2-c2cc(-c3ccc4c5c6c(ccc35)C=CCC6=CC4)c3cc4cc(N5C(c6ccccc6)=CCC5C5C=CC=CC5)ccc4cc3c2-c2ccc3c4c5c(ccc24)C=CCC5=CC3)C=C1. The minimum atomic E-state index is 0.197. The van der Waals surface area contributed by atoms with Crippen molar-refractivity contribution in [2.75, 3.05) is 4.90 Å². The fourth-order valence-corrected chi connectivity index (χ4v) is 15.2. The quantitative estimate of drug-likeness (QED) is 0.138. The van der Waals surface area contributed by atoms with E-state index in [4.69, 9.17) is 0 Å². The van der Waals surface area contributed by atoms with Gasteiger partial charge >= 0.3 is 0 Å². The molecule has 9 aromatic carbocycles. The summed E-state index contributed by atoms with van der Waals surface area (Å²) >= 11 is 0. The molecule has 0 saturated carbocycles. The Morgan fingerprint density at radius 2 is 1.10 bits per heavy atom. The molecule has 7 aliphatic rings. The Labute approximate surface area is 468 Å². The molecule has 2 heterocycles. The van der Waals surface area contributed by atoms with Gasteiger partial charge in [-0.3, -0.25) is 0 Å². The molecule has 0 bridgehead atoms. The minimum Gasteiger partial charge on any atom is -0.337 e. The molecule has 0 amide bonds. The number of nitrogens with zero attached hydrogens (tertiary/aromatic N) is 2. The van der Waals surface area contributed by atoms with Gasteiger partial charge in [0.2, 0.25) is 0 Å². The maximum atomic E-state index is 2.67. The molecule has 2 heteroatoms. The maximum Gasteiger partial charge on any atom is 0.0550 e. The molecule has 80 heavy (non-hydrogen) atoms. The first-order valence-electron chi connectivity index (χ1n) is 29.1. The van der Waals surface area contributed by atoms with Crippen LogP contribution >= 0.6 is 0 Å². The largest absolute Gasteiger partial charge is 0.337 e. The maximum absolute atomic E-state index is 2.67. The molecule has 17 rings (SSSR count). The summed E-state index contributed by atoms with van der Waals surface area (Å²) in [5, 5.41) is 10.5. The van der Waals surface area contributed by atoms with E-state index in [1.54, 1.807) is 0 Å². The third kappa shape index (κ3) is 7.04. The molecule has 1 aliphatic heterocycles. The lowest BCUT2D eigenvalue weighted by molar-refractivity contribution is 0.514. The average molecular weight is 1020 g/mol. The third-order valence-electron chi connectivity index (χ3n) is 18.8. The molecule has 0 spiro atoms. The molecule has 2 nitrogen and oxygen atoms in total. The summed E-state index contributed by atoms with van der Waals surface area (Å²) < 4.78 is 2.67. The van der Waals surface area contributed by atoms with Crippen molar-refractivity contribution in [1.29, 1.82) is 0 Å². The first-order chi connectivity index (χ1) is 39.7. The zero-order valence-corrected chi connectivity index (χ0v) is 44.7. The first kappa shape index (κ1) is 45.7. The van der Waals surface area contributed by atoms with Gasteiger partial charge < -0.3 is 9.47 Å². The summed E-state index contributed by atoms with van der Waals surface area (Å²) in [5.41, 5.74) is 25.0. The summed E-state index contributed by atoms with van der Waals surface area (Å²) in [4.78, 5) is 2.67. The van der Waals surface area contributed by atoms with Crippen LogP contribution in [0.15, 0.2) is 237 Å². The molecular formula is C78H58N2. The van der Waals surface area contributed by atoms with Crippen LogP contribution in [0.2, 0.25) is 0 Å². The topological polar surface area (TPSA) is 8.17 Å². The highest BCUT2D eigenvalue weighted by atomic mass is 15.2. The van der Waals surface area contributed by atoms with E-state index in [1.807, 2.05) is 0 Å². The van der Waals surface area contributed by atoms with E-state index >= 15 is 0 Å². The zero-order chi connectivity index (χ0) is 52.4. The second kappa shape index (κ2) is 18.2. The highest BCUT2D eigenvalue weighted by Gasteiger charge is 2.34. The minimum absolute atomic E-state index is 0.197. The Kier molecular flexibility index (Phi) is 10.4. The lowest BCUT2D eigenvalue weighted by atomic mass is 9.78. The van der Waals surface area contributed by atoms with Crippen molar-refractivity contribution in [3.63, 3.8) is 0 Å². The van der Waals surface area contributed by atoms with Crippen LogP contribution in [-0.4, -0.2) is 10.6 Å². The van der Waals surface area contributed by atoms with Gasteiger partial charge in [0.05, 0.1) is 11.4 Å². The van der Waals surface area contributed by atoms with Crippen molar-refractivity contribution in [3.8, 4) is 39.2 Å². The highest BCUT2D eigenvalue weighted by Crippen LogP contribution is 2.52. The van der Waals surface area contributed by atoms with Crippen molar-refractivity contribution < 1.29 is 0 Å². The fraction of sp³-hybridized carbons (Fsp3) is 0.128. The van der Waals surface area contributed by atoms with E-state index in [-0.39, 0.29) is 5.92 Å². The van der Waals surface area contributed by atoms with Gasteiger partial charge in [-0.25, -0.2) is 0 Å². The molecule has 6 aliphatic carbocycles. The van der Waals surface area contributed by atoms with E-state index in [0.29, 0.717) is 12.0 Å². The lowest BCUT2D eigenvalue weighted by Gasteiger charge is -2.35. The van der Waals surface area contributed by atoms with Gasteiger partial charge in [0, 0.05) is 40.5 Å². The molecule has 0 saturated heterocycles. The third-order valence-corrected chi connectivity index (χ3v) is 18.8. The second-order valence-electron chi connectivity index (χ2n) is 23.1. The zero-order valence-electron chi connectivity index (χ0n) is 44.7. The molecule has 10 aromatic rings. The van der Waals surface area contributed by atoms with E-state index in [2.05, 4.69) is 258 Å². The molecule has 1 aromatic heterocycles. The van der Waals surface area contributed by atoms with Crippen LogP contribution < -0.4 is 4.90 Å².